The van der Waals surface area contributed by atoms with Crippen LogP contribution in [0.3, 0.4) is 0 Å². The SMILES string of the molecule is Cc1cnc(NC2COCC2n2nc3c(cc2=O)CCCC3)cn1. The summed E-state index contributed by atoms with van der Waals surface area (Å²) < 4.78 is 7.20. The lowest BCUT2D eigenvalue weighted by atomic mass is 9.97. The average Bonchev–Trinajstić information content (AvgIpc) is 3.04. The molecule has 1 aliphatic heterocycles. The van der Waals surface area contributed by atoms with Gasteiger partial charge in [0.1, 0.15) is 11.9 Å². The highest BCUT2D eigenvalue weighted by Crippen LogP contribution is 2.23. The molecule has 1 saturated heterocycles. The number of rotatable bonds is 3. The van der Waals surface area contributed by atoms with E-state index in [1.165, 1.54) is 0 Å². The van der Waals surface area contributed by atoms with E-state index >= 15 is 0 Å². The molecule has 2 aromatic heterocycles. The van der Waals surface area contributed by atoms with Crippen molar-refractivity contribution in [3.63, 3.8) is 0 Å². The molecule has 2 aliphatic rings. The van der Waals surface area contributed by atoms with Crippen LogP contribution >= 0.6 is 0 Å². The van der Waals surface area contributed by atoms with Gasteiger partial charge in [-0.15, -0.1) is 0 Å². The first-order valence-corrected chi connectivity index (χ1v) is 8.45. The molecule has 0 amide bonds. The molecule has 3 heterocycles. The Kier molecular flexibility index (Phi) is 4.02. The third-order valence-electron chi connectivity index (χ3n) is 4.71. The number of hydrogen-bond acceptors (Lipinski definition) is 6. The molecular formula is C17H21N5O2. The van der Waals surface area contributed by atoms with Gasteiger partial charge in [0.25, 0.3) is 5.56 Å². The topological polar surface area (TPSA) is 81.9 Å². The van der Waals surface area contributed by atoms with Gasteiger partial charge in [-0.1, -0.05) is 0 Å². The van der Waals surface area contributed by atoms with E-state index < -0.39 is 0 Å². The Hall–Kier alpha value is -2.28. The Morgan fingerprint density at radius 2 is 2.08 bits per heavy atom. The number of ether oxygens (including phenoxy) is 1. The van der Waals surface area contributed by atoms with Crippen LogP contribution < -0.4 is 10.9 Å². The van der Waals surface area contributed by atoms with Crippen molar-refractivity contribution in [1.82, 2.24) is 19.7 Å². The van der Waals surface area contributed by atoms with E-state index in [-0.39, 0.29) is 17.6 Å². The Labute approximate surface area is 140 Å². The molecule has 2 atom stereocenters. The molecule has 0 aromatic carbocycles. The second-order valence-electron chi connectivity index (χ2n) is 6.50. The van der Waals surface area contributed by atoms with Crippen LogP contribution in [-0.4, -0.2) is 39.0 Å². The van der Waals surface area contributed by atoms with Crippen LogP contribution in [0.2, 0.25) is 0 Å². The van der Waals surface area contributed by atoms with Gasteiger partial charge in [0.05, 0.1) is 43.0 Å². The summed E-state index contributed by atoms with van der Waals surface area (Å²) in [5.74, 6) is 0.687. The maximum atomic E-state index is 12.5. The standard InChI is InChI=1S/C17H21N5O2/c1-11-7-19-16(8-18-11)20-14-9-24-10-15(14)22-17(23)6-12-4-2-3-5-13(12)21-22/h6-8,14-15H,2-5,9-10H2,1H3,(H,19,20). The number of aromatic nitrogens is 4. The molecule has 4 rings (SSSR count). The second kappa shape index (κ2) is 6.32. The third-order valence-corrected chi connectivity index (χ3v) is 4.71. The minimum atomic E-state index is -0.132. The van der Waals surface area contributed by atoms with Crippen molar-refractivity contribution in [2.75, 3.05) is 18.5 Å². The molecule has 0 bridgehead atoms. The van der Waals surface area contributed by atoms with Crippen LogP contribution in [0.1, 0.15) is 35.8 Å². The summed E-state index contributed by atoms with van der Waals surface area (Å²) >= 11 is 0. The molecule has 2 aromatic rings. The number of nitrogens with zero attached hydrogens (tertiary/aromatic N) is 4. The van der Waals surface area contributed by atoms with Gasteiger partial charge >= 0.3 is 0 Å². The van der Waals surface area contributed by atoms with E-state index in [2.05, 4.69) is 20.4 Å². The van der Waals surface area contributed by atoms with Gasteiger partial charge < -0.3 is 10.1 Å². The summed E-state index contributed by atoms with van der Waals surface area (Å²) in [5.41, 5.74) is 2.98. The largest absolute Gasteiger partial charge is 0.377 e. The molecule has 7 nitrogen and oxygen atoms in total. The van der Waals surface area contributed by atoms with Crippen LogP contribution in [0.25, 0.3) is 0 Å². The minimum absolute atomic E-state index is 0.0474. The summed E-state index contributed by atoms with van der Waals surface area (Å²) in [5, 5.41) is 7.97. The van der Waals surface area contributed by atoms with Gasteiger partial charge in [-0.3, -0.25) is 9.78 Å². The summed E-state index contributed by atoms with van der Waals surface area (Å²) in [6.45, 7) is 2.89. The van der Waals surface area contributed by atoms with Crippen molar-refractivity contribution < 1.29 is 4.74 Å². The molecule has 0 radical (unpaired) electrons. The predicted octanol–water partition coefficient (Wildman–Crippen LogP) is 1.27. The zero-order valence-electron chi connectivity index (χ0n) is 13.7. The molecule has 0 saturated carbocycles. The maximum Gasteiger partial charge on any atom is 0.267 e. The first kappa shape index (κ1) is 15.3. The van der Waals surface area contributed by atoms with E-state index in [1.807, 2.05) is 6.92 Å². The van der Waals surface area contributed by atoms with E-state index in [9.17, 15) is 4.79 Å². The number of aryl methyl sites for hydroxylation is 3. The Morgan fingerprint density at radius 1 is 1.21 bits per heavy atom. The van der Waals surface area contributed by atoms with Gasteiger partial charge in [0.15, 0.2) is 0 Å². The van der Waals surface area contributed by atoms with Crippen molar-refractivity contribution in [1.29, 1.82) is 0 Å². The van der Waals surface area contributed by atoms with Crippen molar-refractivity contribution in [3.8, 4) is 0 Å². The highest BCUT2D eigenvalue weighted by atomic mass is 16.5. The predicted molar refractivity (Wildman–Crippen MR) is 89.2 cm³/mol. The smallest absolute Gasteiger partial charge is 0.267 e. The molecule has 7 heteroatoms. The molecule has 0 spiro atoms. The van der Waals surface area contributed by atoms with Crippen LogP contribution in [0.5, 0.6) is 0 Å². The first-order chi connectivity index (χ1) is 11.7. The number of hydrogen-bond donors (Lipinski definition) is 1. The zero-order chi connectivity index (χ0) is 16.5. The fraction of sp³-hybridized carbons (Fsp3) is 0.529. The zero-order valence-corrected chi connectivity index (χ0v) is 13.7. The average molecular weight is 327 g/mol. The molecule has 24 heavy (non-hydrogen) atoms. The molecule has 1 fully saturated rings. The van der Waals surface area contributed by atoms with Gasteiger partial charge in [-0.25, -0.2) is 9.67 Å². The van der Waals surface area contributed by atoms with Crippen molar-refractivity contribution in [2.24, 2.45) is 0 Å². The lowest BCUT2D eigenvalue weighted by molar-refractivity contribution is 0.182. The lowest BCUT2D eigenvalue weighted by Crippen LogP contribution is -2.38. The molecular weight excluding hydrogens is 306 g/mol. The quantitative estimate of drug-likeness (QED) is 0.914. The molecule has 1 aliphatic carbocycles. The number of nitrogens with one attached hydrogen (secondary N) is 1. The van der Waals surface area contributed by atoms with E-state index in [4.69, 9.17) is 4.74 Å². The van der Waals surface area contributed by atoms with Crippen LogP contribution in [0, 0.1) is 6.92 Å². The minimum Gasteiger partial charge on any atom is -0.377 e. The molecule has 1 N–H and O–H groups in total. The second-order valence-corrected chi connectivity index (χ2v) is 6.50. The normalized spacial score (nSPS) is 23.0. The highest BCUT2D eigenvalue weighted by Gasteiger charge is 2.32. The Bertz CT molecular complexity index is 787. The fourth-order valence-electron chi connectivity index (χ4n) is 3.39. The first-order valence-electron chi connectivity index (χ1n) is 8.45. The van der Waals surface area contributed by atoms with Gasteiger partial charge in [-0.2, -0.15) is 5.10 Å². The summed E-state index contributed by atoms with van der Waals surface area (Å²) in [6, 6.07) is 1.57. The van der Waals surface area contributed by atoms with Crippen molar-refractivity contribution >= 4 is 5.82 Å². The third kappa shape index (κ3) is 2.91. The lowest BCUT2D eigenvalue weighted by Gasteiger charge is -2.23. The fourth-order valence-corrected chi connectivity index (χ4v) is 3.39. The number of anilines is 1. The Morgan fingerprint density at radius 3 is 2.92 bits per heavy atom. The highest BCUT2D eigenvalue weighted by molar-refractivity contribution is 5.33. The van der Waals surface area contributed by atoms with E-state index in [1.54, 1.807) is 23.1 Å². The van der Waals surface area contributed by atoms with E-state index in [0.29, 0.717) is 19.0 Å². The van der Waals surface area contributed by atoms with Gasteiger partial charge in [0, 0.05) is 6.07 Å². The number of fused-ring (bicyclic) bond motifs is 1. The Balaban J connectivity index is 1.60. The van der Waals surface area contributed by atoms with Gasteiger partial charge in [0.2, 0.25) is 0 Å². The molecule has 2 unspecified atom stereocenters. The molecule has 126 valence electrons. The van der Waals surface area contributed by atoms with Crippen LogP contribution in [-0.2, 0) is 17.6 Å². The summed E-state index contributed by atoms with van der Waals surface area (Å²) in [4.78, 5) is 21.1. The maximum absolute atomic E-state index is 12.5. The summed E-state index contributed by atoms with van der Waals surface area (Å²) in [6.07, 6.45) is 7.61. The summed E-state index contributed by atoms with van der Waals surface area (Å²) in [7, 11) is 0. The van der Waals surface area contributed by atoms with Gasteiger partial charge in [-0.05, 0) is 38.2 Å². The monoisotopic (exact) mass is 327 g/mol. The van der Waals surface area contributed by atoms with Crippen molar-refractivity contribution in [3.05, 3.63) is 45.8 Å². The van der Waals surface area contributed by atoms with E-state index in [0.717, 1.165) is 42.6 Å². The van der Waals surface area contributed by atoms with Crippen molar-refractivity contribution in [2.45, 2.75) is 44.7 Å². The van der Waals surface area contributed by atoms with Crippen LogP contribution in [0.15, 0.2) is 23.3 Å². The van der Waals surface area contributed by atoms with Crippen LogP contribution in [0.4, 0.5) is 5.82 Å².